The van der Waals surface area contributed by atoms with Gasteiger partial charge >= 0.3 is 6.18 Å². The van der Waals surface area contributed by atoms with E-state index in [9.17, 15) is 18.0 Å². The fourth-order valence-electron chi connectivity index (χ4n) is 2.86. The second-order valence-corrected chi connectivity index (χ2v) is 6.33. The highest BCUT2D eigenvalue weighted by Crippen LogP contribution is 2.36. The van der Waals surface area contributed by atoms with Gasteiger partial charge in [-0.25, -0.2) is 9.75 Å². The minimum atomic E-state index is -4.58. The zero-order valence-corrected chi connectivity index (χ0v) is 16.4. The first-order valence-corrected chi connectivity index (χ1v) is 8.62. The molecule has 0 aliphatic carbocycles. The number of halogens is 4. The van der Waals surface area contributed by atoms with Crippen molar-refractivity contribution in [3.63, 3.8) is 0 Å². The number of hydroxylamine groups is 2. The Bertz CT molecular complexity index is 1070. The molecule has 0 saturated carbocycles. The molecule has 1 aromatic carbocycles. The van der Waals surface area contributed by atoms with E-state index in [1.165, 1.54) is 50.3 Å². The summed E-state index contributed by atoms with van der Waals surface area (Å²) in [7, 11) is 4.12. The maximum Gasteiger partial charge on any atom is 0.418 e. The molecule has 0 atom stereocenters. The third-order valence-corrected chi connectivity index (χ3v) is 4.59. The first-order chi connectivity index (χ1) is 13.7. The van der Waals surface area contributed by atoms with Gasteiger partial charge in [0.25, 0.3) is 5.91 Å². The SMILES string of the molecule is COCc1nn(-c2ccnc3c(C(F)(F)F)cccc23)c(Cl)c1C(=O)N(C)OC. The number of methoxy groups -OCH3 is 1. The maximum atomic E-state index is 13.4. The van der Waals surface area contributed by atoms with Crippen molar-refractivity contribution in [2.24, 2.45) is 0 Å². The van der Waals surface area contributed by atoms with E-state index in [1.54, 1.807) is 0 Å². The lowest BCUT2D eigenvalue weighted by Gasteiger charge is -2.14. The molecule has 0 aliphatic heterocycles. The number of carbonyl (C=O) groups excluding carboxylic acids is 1. The largest absolute Gasteiger partial charge is 0.418 e. The van der Waals surface area contributed by atoms with E-state index in [0.29, 0.717) is 0 Å². The normalized spacial score (nSPS) is 11.8. The molecule has 0 fully saturated rings. The number of aromatic nitrogens is 3. The van der Waals surface area contributed by atoms with Crippen LogP contribution in [0.2, 0.25) is 5.15 Å². The number of benzene rings is 1. The van der Waals surface area contributed by atoms with Crippen molar-refractivity contribution >= 4 is 28.4 Å². The molecule has 0 aliphatic rings. The number of pyridine rings is 1. The predicted molar refractivity (Wildman–Crippen MR) is 98.7 cm³/mol. The molecule has 0 spiro atoms. The quantitative estimate of drug-likeness (QED) is 0.577. The molecule has 0 unspecified atom stereocenters. The number of para-hydroxylation sites is 1. The average molecular weight is 429 g/mol. The van der Waals surface area contributed by atoms with Crippen molar-refractivity contribution < 1.29 is 27.5 Å². The second-order valence-electron chi connectivity index (χ2n) is 5.97. The van der Waals surface area contributed by atoms with E-state index in [1.807, 2.05) is 0 Å². The summed E-state index contributed by atoms with van der Waals surface area (Å²) in [5.41, 5.74) is -0.660. The summed E-state index contributed by atoms with van der Waals surface area (Å²) in [6.45, 7) is -0.0395. The maximum absolute atomic E-state index is 13.4. The molecule has 0 bridgehead atoms. The summed E-state index contributed by atoms with van der Waals surface area (Å²) >= 11 is 6.42. The van der Waals surface area contributed by atoms with Crippen LogP contribution >= 0.6 is 11.6 Å². The van der Waals surface area contributed by atoms with Gasteiger partial charge in [0.15, 0.2) is 0 Å². The third kappa shape index (κ3) is 3.78. The van der Waals surface area contributed by atoms with Crippen molar-refractivity contribution in [3.8, 4) is 5.69 Å². The summed E-state index contributed by atoms with van der Waals surface area (Å²) in [5, 5.41) is 5.34. The Morgan fingerprint density at radius 3 is 2.62 bits per heavy atom. The highest BCUT2D eigenvalue weighted by atomic mass is 35.5. The summed E-state index contributed by atoms with van der Waals surface area (Å²) < 4.78 is 46.4. The lowest BCUT2D eigenvalue weighted by molar-refractivity contribution is -0.136. The van der Waals surface area contributed by atoms with Crippen LogP contribution in [0.5, 0.6) is 0 Å². The molecule has 0 saturated heterocycles. The predicted octanol–water partition coefficient (Wildman–Crippen LogP) is 3.87. The topological polar surface area (TPSA) is 69.5 Å². The zero-order valence-electron chi connectivity index (χ0n) is 15.6. The number of fused-ring (bicyclic) bond motifs is 1. The molecule has 0 radical (unpaired) electrons. The molecule has 7 nitrogen and oxygen atoms in total. The number of hydrogen-bond acceptors (Lipinski definition) is 5. The van der Waals surface area contributed by atoms with Gasteiger partial charge in [-0.2, -0.15) is 18.3 Å². The standard InChI is InChI=1S/C18H16ClF3N4O3/c1-25(29-3)17(27)14-12(9-28-2)24-26(16(14)19)13-7-8-23-15-10(13)5-4-6-11(15)18(20,21)22/h4-8H,9H2,1-3H3. The summed E-state index contributed by atoms with van der Waals surface area (Å²) in [6, 6.07) is 5.16. The Kier molecular flexibility index (Phi) is 5.78. The van der Waals surface area contributed by atoms with E-state index < -0.39 is 17.6 Å². The first-order valence-electron chi connectivity index (χ1n) is 8.24. The molecule has 3 aromatic rings. The fraction of sp³-hybridized carbons (Fsp3) is 0.278. The number of amides is 1. The van der Waals surface area contributed by atoms with Gasteiger partial charge in [-0.15, -0.1) is 0 Å². The van der Waals surface area contributed by atoms with Gasteiger partial charge in [0.2, 0.25) is 0 Å². The van der Waals surface area contributed by atoms with Gasteiger partial charge < -0.3 is 4.74 Å². The number of hydrogen-bond donors (Lipinski definition) is 0. The summed E-state index contributed by atoms with van der Waals surface area (Å²) in [5.74, 6) is -0.579. The molecule has 2 heterocycles. The van der Waals surface area contributed by atoms with E-state index in [-0.39, 0.29) is 39.6 Å². The van der Waals surface area contributed by atoms with E-state index in [0.717, 1.165) is 11.1 Å². The van der Waals surface area contributed by atoms with Crippen LogP contribution in [0.1, 0.15) is 21.6 Å². The lowest BCUT2D eigenvalue weighted by atomic mass is 10.1. The monoisotopic (exact) mass is 428 g/mol. The highest BCUT2D eigenvalue weighted by Gasteiger charge is 2.34. The average Bonchev–Trinajstić information content (AvgIpc) is 3.01. The lowest BCUT2D eigenvalue weighted by Crippen LogP contribution is -2.26. The van der Waals surface area contributed by atoms with E-state index in [4.69, 9.17) is 21.2 Å². The number of alkyl halides is 3. The van der Waals surface area contributed by atoms with Crippen molar-refractivity contribution in [2.45, 2.75) is 12.8 Å². The highest BCUT2D eigenvalue weighted by molar-refractivity contribution is 6.33. The number of nitrogens with zero attached hydrogens (tertiary/aromatic N) is 4. The molecular weight excluding hydrogens is 413 g/mol. The van der Waals surface area contributed by atoms with Gasteiger partial charge in [0.05, 0.1) is 30.5 Å². The fourth-order valence-corrected chi connectivity index (χ4v) is 3.18. The molecule has 29 heavy (non-hydrogen) atoms. The summed E-state index contributed by atoms with van der Waals surface area (Å²) in [6.07, 6.45) is -3.35. The van der Waals surface area contributed by atoms with Gasteiger partial charge in [0, 0.05) is 25.7 Å². The van der Waals surface area contributed by atoms with Crippen LogP contribution in [0.3, 0.4) is 0 Å². The molecule has 2 aromatic heterocycles. The van der Waals surface area contributed by atoms with Crippen molar-refractivity contribution in [3.05, 3.63) is 52.4 Å². The molecule has 0 N–H and O–H groups in total. The summed E-state index contributed by atoms with van der Waals surface area (Å²) in [4.78, 5) is 21.4. The van der Waals surface area contributed by atoms with Crippen molar-refractivity contribution in [1.82, 2.24) is 19.8 Å². The Hall–Kier alpha value is -2.69. The Balaban J connectivity index is 2.27. The van der Waals surface area contributed by atoms with Crippen LogP contribution < -0.4 is 0 Å². The molecule has 1 amide bonds. The number of carbonyl (C=O) groups is 1. The minimum absolute atomic E-state index is 0.0230. The van der Waals surface area contributed by atoms with Crippen LogP contribution in [-0.4, -0.2) is 47.0 Å². The van der Waals surface area contributed by atoms with Gasteiger partial charge in [-0.3, -0.25) is 14.6 Å². The van der Waals surface area contributed by atoms with Crippen LogP contribution in [-0.2, 0) is 22.4 Å². The molecular formula is C18H16ClF3N4O3. The Morgan fingerprint density at radius 1 is 1.28 bits per heavy atom. The van der Waals surface area contributed by atoms with E-state index >= 15 is 0 Å². The number of ether oxygens (including phenoxy) is 1. The molecule has 11 heteroatoms. The van der Waals surface area contributed by atoms with Gasteiger partial charge in [-0.1, -0.05) is 23.7 Å². The Morgan fingerprint density at radius 2 is 2.00 bits per heavy atom. The minimum Gasteiger partial charge on any atom is -0.378 e. The van der Waals surface area contributed by atoms with Crippen molar-refractivity contribution in [1.29, 1.82) is 0 Å². The van der Waals surface area contributed by atoms with Gasteiger partial charge in [0.1, 0.15) is 16.4 Å². The van der Waals surface area contributed by atoms with Crippen LogP contribution in [0.4, 0.5) is 13.2 Å². The van der Waals surface area contributed by atoms with E-state index in [2.05, 4.69) is 10.1 Å². The van der Waals surface area contributed by atoms with Crippen molar-refractivity contribution in [2.75, 3.05) is 21.3 Å². The second kappa shape index (κ2) is 7.97. The Labute approximate surface area is 168 Å². The third-order valence-electron chi connectivity index (χ3n) is 4.24. The zero-order chi connectivity index (χ0) is 21.3. The number of rotatable bonds is 5. The smallest absolute Gasteiger partial charge is 0.378 e. The first kappa shape index (κ1) is 21.0. The molecule has 3 rings (SSSR count). The molecule has 154 valence electrons. The van der Waals surface area contributed by atoms with Crippen LogP contribution in [0, 0.1) is 0 Å². The van der Waals surface area contributed by atoms with Crippen LogP contribution in [0.25, 0.3) is 16.6 Å². The van der Waals surface area contributed by atoms with Crippen LogP contribution in [0.15, 0.2) is 30.5 Å². The van der Waals surface area contributed by atoms with Gasteiger partial charge in [-0.05, 0) is 12.1 Å².